The maximum Gasteiger partial charge on any atom is 0.431 e. The average molecular weight is 468 g/mol. The summed E-state index contributed by atoms with van der Waals surface area (Å²) in [6.45, 7) is 5.57. The Hall–Kier alpha value is -2.39. The first-order chi connectivity index (χ1) is 15.3. The maximum atomic E-state index is 15.8. The van der Waals surface area contributed by atoms with Gasteiger partial charge in [0, 0.05) is 30.9 Å². The van der Waals surface area contributed by atoms with E-state index in [1.807, 2.05) is 0 Å². The van der Waals surface area contributed by atoms with Gasteiger partial charge in [-0.05, 0) is 69.6 Å². The van der Waals surface area contributed by atoms with Gasteiger partial charge in [-0.2, -0.15) is 13.2 Å². The number of carbonyl (C=O) groups excluding carboxylic acids is 1. The quantitative estimate of drug-likeness (QED) is 0.678. The number of fused-ring (bicyclic) bond motifs is 2. The van der Waals surface area contributed by atoms with E-state index in [2.05, 4.69) is 0 Å². The Bertz CT molecular complexity index is 1070. The lowest BCUT2D eigenvalue weighted by Gasteiger charge is -2.52. The molecule has 1 fully saturated rings. The molecule has 1 amide bonds. The molecule has 9 heteroatoms. The van der Waals surface area contributed by atoms with Crippen LogP contribution in [0.25, 0.3) is 0 Å². The summed E-state index contributed by atoms with van der Waals surface area (Å²) in [7, 11) is 1.73. The monoisotopic (exact) mass is 467 g/mol. The van der Waals surface area contributed by atoms with Crippen molar-refractivity contribution in [2.45, 2.75) is 57.2 Å². The SMILES string of the molecule is Cc1cc(C(=O)N2CC[C@]3(c4ccc(C(F)(F)F)n4CCN3C)[C@H](F)C2)ccc1C(C)(C)O. The molecule has 2 aliphatic heterocycles. The third-order valence-electron chi connectivity index (χ3n) is 7.14. The van der Waals surface area contributed by atoms with Crippen LogP contribution in [0.15, 0.2) is 30.3 Å². The van der Waals surface area contributed by atoms with Gasteiger partial charge in [-0.15, -0.1) is 0 Å². The number of aromatic nitrogens is 1. The molecule has 1 aromatic carbocycles. The van der Waals surface area contributed by atoms with Gasteiger partial charge in [0.2, 0.25) is 0 Å². The standard InChI is InChI=1S/C24H29F4N3O2/c1-15-13-16(5-6-17(15)22(2,3)33)21(32)30-10-9-23(18(25)14-30)19-7-8-20(24(26,27)28)31(19)12-11-29(23)4/h5-8,13,18,33H,9-12,14H2,1-4H3/t18-,23-/m1/s1. The summed E-state index contributed by atoms with van der Waals surface area (Å²) in [4.78, 5) is 16.3. The van der Waals surface area contributed by atoms with Crippen LogP contribution in [-0.2, 0) is 23.9 Å². The van der Waals surface area contributed by atoms with Gasteiger partial charge in [0.15, 0.2) is 0 Å². The molecule has 2 aliphatic rings. The van der Waals surface area contributed by atoms with E-state index >= 15 is 4.39 Å². The van der Waals surface area contributed by atoms with Gasteiger partial charge in [0.05, 0.1) is 17.7 Å². The van der Waals surface area contributed by atoms with Crippen LogP contribution in [-0.4, -0.2) is 58.2 Å². The van der Waals surface area contributed by atoms with Gasteiger partial charge < -0.3 is 14.6 Å². The zero-order valence-corrected chi connectivity index (χ0v) is 19.2. The number of likely N-dealkylation sites (N-methyl/N-ethyl adjacent to an activating group) is 1. The molecular formula is C24H29F4N3O2. The molecule has 1 aromatic heterocycles. The van der Waals surface area contributed by atoms with Crippen LogP contribution < -0.4 is 0 Å². The number of aryl methyl sites for hydroxylation is 1. The lowest BCUT2D eigenvalue weighted by molar-refractivity contribution is -0.145. The molecule has 0 saturated carbocycles. The van der Waals surface area contributed by atoms with Crippen LogP contribution in [0, 0.1) is 6.92 Å². The highest BCUT2D eigenvalue weighted by Gasteiger charge is 2.53. The second-order valence-corrected chi connectivity index (χ2v) is 9.66. The van der Waals surface area contributed by atoms with E-state index in [4.69, 9.17) is 0 Å². The Balaban J connectivity index is 1.60. The number of rotatable bonds is 2. The number of nitrogens with zero attached hydrogens (tertiary/aromatic N) is 3. The molecule has 0 unspecified atom stereocenters. The normalized spacial score (nSPS) is 24.3. The number of piperidine rings is 1. The highest BCUT2D eigenvalue weighted by molar-refractivity contribution is 5.94. The van der Waals surface area contributed by atoms with Gasteiger partial charge >= 0.3 is 6.18 Å². The predicted molar refractivity (Wildman–Crippen MR) is 116 cm³/mol. The third kappa shape index (κ3) is 3.85. The largest absolute Gasteiger partial charge is 0.431 e. The van der Waals surface area contributed by atoms with Crippen LogP contribution in [0.1, 0.15) is 53.1 Å². The number of benzene rings is 1. The molecule has 1 N–H and O–H groups in total. The first kappa shape index (κ1) is 23.8. The van der Waals surface area contributed by atoms with Gasteiger partial charge in [0.1, 0.15) is 11.9 Å². The molecule has 1 spiro atoms. The Morgan fingerprint density at radius 1 is 1.12 bits per heavy atom. The summed E-state index contributed by atoms with van der Waals surface area (Å²) >= 11 is 0. The molecular weight excluding hydrogens is 438 g/mol. The van der Waals surface area contributed by atoms with Gasteiger partial charge in [-0.3, -0.25) is 9.69 Å². The number of carbonyl (C=O) groups is 1. The average Bonchev–Trinajstić information content (AvgIpc) is 3.16. The molecule has 0 aliphatic carbocycles. The maximum absolute atomic E-state index is 15.8. The number of hydrogen-bond acceptors (Lipinski definition) is 3. The van der Waals surface area contributed by atoms with Crippen molar-refractivity contribution >= 4 is 5.91 Å². The van der Waals surface area contributed by atoms with Crippen LogP contribution in [0.2, 0.25) is 0 Å². The summed E-state index contributed by atoms with van der Waals surface area (Å²) in [5, 5.41) is 10.3. The fourth-order valence-electron chi connectivity index (χ4n) is 5.45. The number of aliphatic hydroxyl groups is 1. The Morgan fingerprint density at radius 3 is 2.39 bits per heavy atom. The summed E-state index contributed by atoms with van der Waals surface area (Å²) in [6.07, 6.45) is -5.87. The molecule has 180 valence electrons. The van der Waals surface area contributed by atoms with E-state index in [0.717, 1.165) is 11.6 Å². The molecule has 2 aromatic rings. The molecule has 1 saturated heterocycles. The minimum absolute atomic E-state index is 0.137. The lowest BCUT2D eigenvalue weighted by Crippen LogP contribution is -2.63. The lowest BCUT2D eigenvalue weighted by atomic mass is 9.79. The van der Waals surface area contributed by atoms with Crippen molar-refractivity contribution in [3.63, 3.8) is 0 Å². The molecule has 0 radical (unpaired) electrons. The van der Waals surface area contributed by atoms with Gasteiger partial charge in [-0.25, -0.2) is 4.39 Å². The third-order valence-corrected chi connectivity index (χ3v) is 7.14. The highest BCUT2D eigenvalue weighted by atomic mass is 19.4. The van der Waals surface area contributed by atoms with E-state index in [1.54, 1.807) is 50.9 Å². The van der Waals surface area contributed by atoms with Crippen molar-refractivity contribution in [3.8, 4) is 0 Å². The Kier molecular flexibility index (Phi) is 5.64. The smallest absolute Gasteiger partial charge is 0.386 e. The van der Waals surface area contributed by atoms with Crippen molar-refractivity contribution in [1.82, 2.24) is 14.4 Å². The molecule has 3 heterocycles. The van der Waals surface area contributed by atoms with Gasteiger partial charge in [-0.1, -0.05) is 6.07 Å². The number of halogens is 4. The van der Waals surface area contributed by atoms with Crippen LogP contribution in [0.3, 0.4) is 0 Å². The van der Waals surface area contributed by atoms with E-state index in [0.29, 0.717) is 16.8 Å². The second-order valence-electron chi connectivity index (χ2n) is 9.66. The Labute approximate surface area is 190 Å². The van der Waals surface area contributed by atoms with E-state index in [9.17, 15) is 23.1 Å². The van der Waals surface area contributed by atoms with Crippen LogP contribution >= 0.6 is 0 Å². The van der Waals surface area contributed by atoms with Gasteiger partial charge in [0.25, 0.3) is 5.91 Å². The Morgan fingerprint density at radius 2 is 1.82 bits per heavy atom. The van der Waals surface area contributed by atoms with E-state index < -0.39 is 29.2 Å². The molecule has 5 nitrogen and oxygen atoms in total. The van der Waals surface area contributed by atoms with E-state index in [1.165, 1.54) is 15.5 Å². The summed E-state index contributed by atoms with van der Waals surface area (Å²) in [5.74, 6) is -0.331. The zero-order chi connectivity index (χ0) is 24.3. The van der Waals surface area contributed by atoms with Crippen LogP contribution in [0.4, 0.5) is 17.6 Å². The minimum Gasteiger partial charge on any atom is -0.386 e. The second kappa shape index (κ2) is 7.84. The first-order valence-electron chi connectivity index (χ1n) is 11.0. The summed E-state index contributed by atoms with van der Waals surface area (Å²) < 4.78 is 57.4. The van der Waals surface area contributed by atoms with Crippen molar-refractivity contribution in [3.05, 3.63) is 58.4 Å². The van der Waals surface area contributed by atoms with E-state index in [-0.39, 0.29) is 38.5 Å². The minimum atomic E-state index is -4.51. The van der Waals surface area contributed by atoms with Crippen molar-refractivity contribution in [2.75, 3.05) is 26.7 Å². The highest BCUT2D eigenvalue weighted by Crippen LogP contribution is 2.45. The number of alkyl halides is 4. The molecule has 33 heavy (non-hydrogen) atoms. The topological polar surface area (TPSA) is 48.7 Å². The number of hydrogen-bond donors (Lipinski definition) is 1. The molecule has 4 rings (SSSR count). The van der Waals surface area contributed by atoms with Crippen molar-refractivity contribution in [1.29, 1.82) is 0 Å². The fourth-order valence-corrected chi connectivity index (χ4v) is 5.45. The first-order valence-corrected chi connectivity index (χ1v) is 11.0. The van der Waals surface area contributed by atoms with Crippen molar-refractivity contribution in [2.24, 2.45) is 0 Å². The molecule has 2 atom stereocenters. The summed E-state index contributed by atoms with van der Waals surface area (Å²) in [5.41, 5.74) is -0.870. The molecule has 0 bridgehead atoms. The zero-order valence-electron chi connectivity index (χ0n) is 19.2. The van der Waals surface area contributed by atoms with Crippen molar-refractivity contribution < 1.29 is 27.5 Å². The number of likely N-dealkylation sites (tertiary alicyclic amines) is 1. The summed E-state index contributed by atoms with van der Waals surface area (Å²) in [6, 6.07) is 7.39. The van der Waals surface area contributed by atoms with Crippen LogP contribution in [0.5, 0.6) is 0 Å². The predicted octanol–water partition coefficient (Wildman–Crippen LogP) is 4.07. The number of amides is 1. The fraction of sp³-hybridized carbons (Fsp3) is 0.542.